The predicted octanol–water partition coefficient (Wildman–Crippen LogP) is 3.29. The van der Waals surface area contributed by atoms with Crippen molar-refractivity contribution in [3.05, 3.63) is 6.07 Å². The lowest BCUT2D eigenvalue weighted by molar-refractivity contribution is 0.365. The summed E-state index contributed by atoms with van der Waals surface area (Å²) in [5.41, 5.74) is -3.83. The lowest BCUT2D eigenvalue weighted by atomic mass is 9.78. The fraction of sp³-hybridized carbons (Fsp3) is 0. The van der Waals surface area contributed by atoms with Crippen molar-refractivity contribution in [1.82, 2.24) is 8.80 Å². The zero-order valence-corrected chi connectivity index (χ0v) is 28.1. The molecule has 1 aliphatic heterocycles. The minimum Gasteiger partial charge on any atom is -0.507 e. The number of benzene rings is 6. The van der Waals surface area contributed by atoms with Crippen LogP contribution in [-0.2, 0) is 0 Å². The maximum Gasteiger partial charge on any atom is 0.202 e. The Morgan fingerprint density at radius 2 is 0.750 bits per heavy atom. The average molecular weight is 770 g/mol. The highest BCUT2D eigenvalue weighted by molar-refractivity contribution is 8.00. The quantitative estimate of drug-likeness (QED) is 0.0647. The van der Waals surface area contributed by atoms with Crippen LogP contribution in [0.2, 0.25) is 0 Å². The fourth-order valence-electron chi connectivity index (χ4n) is 8.85. The Hall–Kier alpha value is -7.60. The number of nitrogens with zero attached hydrogens (tertiary/aromatic N) is 2. The third-order valence-corrected chi connectivity index (χ3v) is 12.3. The first-order chi connectivity index (χ1) is 26.4. The molecule has 272 valence electrons. The van der Waals surface area contributed by atoms with Crippen molar-refractivity contribution in [3.8, 4) is 97.4 Å². The highest BCUT2D eigenvalue weighted by Crippen LogP contribution is 2.66. The summed E-state index contributed by atoms with van der Waals surface area (Å²) in [6.07, 6.45) is 0. The van der Waals surface area contributed by atoms with Crippen molar-refractivity contribution < 1.29 is 76.6 Å². The number of rotatable bonds is 1. The number of hydrogen-bond acceptors (Lipinski definition) is 16. The van der Waals surface area contributed by atoms with E-state index in [0.29, 0.717) is 11.8 Å². The molecule has 5 heterocycles. The molecule has 56 heavy (non-hydrogen) atoms. The third-order valence-electron chi connectivity index (χ3n) is 11.1. The van der Waals surface area contributed by atoms with E-state index < -0.39 is 119 Å². The SMILES string of the molecule is [B]c1c(O)c(O)c(O)c2c1c1c([B])c(-c3c(O)c4c5c(c3O)c3c(O)c(O)c(O)c6c7c(O)c(O)c(O)c(c7n5c63)S4)c(O)c3c4c(O)cc(O)c(O)c4n2c13. The van der Waals surface area contributed by atoms with Gasteiger partial charge in [0.15, 0.2) is 46.0 Å². The van der Waals surface area contributed by atoms with Crippen LogP contribution in [-0.4, -0.2) is 101 Å². The molecule has 11 rings (SSSR count). The van der Waals surface area contributed by atoms with E-state index in [1.165, 1.54) is 4.40 Å². The predicted molar refractivity (Wildman–Crippen MR) is 201 cm³/mol. The molecule has 0 atom stereocenters. The van der Waals surface area contributed by atoms with Gasteiger partial charge in [0.05, 0.1) is 75.3 Å². The van der Waals surface area contributed by atoms with Crippen LogP contribution in [0.25, 0.3) is 87.3 Å². The van der Waals surface area contributed by atoms with E-state index in [0.717, 1.165) is 10.5 Å². The van der Waals surface area contributed by atoms with Gasteiger partial charge in [-0.1, -0.05) is 17.2 Å². The van der Waals surface area contributed by atoms with Gasteiger partial charge in [-0.25, -0.2) is 0 Å². The molecule has 0 saturated heterocycles. The molecule has 20 heteroatoms. The molecule has 0 bridgehead atoms. The normalized spacial score (nSPS) is 13.1. The summed E-state index contributed by atoms with van der Waals surface area (Å²) < 4.78 is 2.27. The minimum absolute atomic E-state index is 0.0598. The number of fused-ring (bicyclic) bond motifs is 8. The van der Waals surface area contributed by atoms with Gasteiger partial charge in [-0.15, -0.1) is 0 Å². The van der Waals surface area contributed by atoms with Crippen molar-refractivity contribution in [1.29, 1.82) is 0 Å². The molecule has 17 nitrogen and oxygen atoms in total. The van der Waals surface area contributed by atoms with E-state index in [4.69, 9.17) is 15.7 Å². The van der Waals surface area contributed by atoms with Gasteiger partial charge in [0.2, 0.25) is 17.2 Å². The summed E-state index contributed by atoms with van der Waals surface area (Å²) >= 11 is 0.603. The van der Waals surface area contributed by atoms with Crippen LogP contribution in [0.4, 0.5) is 0 Å². The number of hydrogen-bond donors (Lipinski definition) is 15. The van der Waals surface area contributed by atoms with Crippen molar-refractivity contribution in [2.24, 2.45) is 0 Å². The van der Waals surface area contributed by atoms with Gasteiger partial charge in [-0.05, 0) is 5.46 Å². The van der Waals surface area contributed by atoms with Crippen LogP contribution in [0.5, 0.6) is 86.2 Å². The van der Waals surface area contributed by atoms with Gasteiger partial charge in [0.1, 0.15) is 44.2 Å². The van der Waals surface area contributed by atoms with Gasteiger partial charge in [0.25, 0.3) is 0 Å². The van der Waals surface area contributed by atoms with E-state index in [1.54, 1.807) is 0 Å². The standard InChI is InChI=1S/C36H16B2N2O15S/c37-14-5-6-15(38)29(50)33(54)30(51)19(6)39-16(5)8(4-2(41)1-3(42)22(43)18(4)39)23(44)7(14)13-24(45)11-9-17-10(26(47)31(52)25(9)46)12-21-36(34(55)32(53)27(12)48)56-35(28(13)49)20(11)40(17)21/h1,41-55H. The summed E-state index contributed by atoms with van der Waals surface area (Å²) in [5.74, 6) is -14.2. The first-order valence-corrected chi connectivity index (χ1v) is 16.8. The van der Waals surface area contributed by atoms with Crippen LogP contribution < -0.4 is 10.9 Å². The van der Waals surface area contributed by atoms with Crippen LogP contribution in [0.3, 0.4) is 0 Å². The van der Waals surface area contributed by atoms with Crippen LogP contribution in [0.1, 0.15) is 0 Å². The molecule has 6 aromatic carbocycles. The van der Waals surface area contributed by atoms with E-state index in [1.807, 2.05) is 0 Å². The molecule has 4 aromatic heterocycles. The van der Waals surface area contributed by atoms with Crippen LogP contribution >= 0.6 is 11.8 Å². The highest BCUT2D eigenvalue weighted by atomic mass is 32.2. The molecule has 15 N–H and O–H groups in total. The summed E-state index contributed by atoms with van der Waals surface area (Å²) in [6.45, 7) is 0. The smallest absolute Gasteiger partial charge is 0.202 e. The molecule has 0 aliphatic carbocycles. The Kier molecular flexibility index (Phi) is 5.23. The largest absolute Gasteiger partial charge is 0.507 e. The Bertz CT molecular complexity index is 3650. The molecule has 1 aliphatic rings. The lowest BCUT2D eigenvalue weighted by Crippen LogP contribution is -2.12. The first kappa shape index (κ1) is 31.9. The zero-order valence-electron chi connectivity index (χ0n) is 27.2. The third kappa shape index (κ3) is 2.94. The van der Waals surface area contributed by atoms with Gasteiger partial charge in [0, 0.05) is 22.4 Å². The molecule has 0 saturated carbocycles. The molecular weight excluding hydrogens is 754 g/mol. The van der Waals surface area contributed by atoms with E-state index >= 15 is 0 Å². The Balaban J connectivity index is 1.44. The second-order valence-electron chi connectivity index (χ2n) is 13.5. The van der Waals surface area contributed by atoms with Gasteiger partial charge in [-0.2, -0.15) is 0 Å². The van der Waals surface area contributed by atoms with Crippen molar-refractivity contribution >= 4 is 115 Å². The molecule has 0 amide bonds. The number of aromatic nitrogens is 2. The number of phenolic OH excluding ortho intramolecular Hbond substituents is 15. The average Bonchev–Trinajstić information content (AvgIpc) is 3.90. The molecular formula is C36H16B2N2O15S. The Morgan fingerprint density at radius 1 is 0.321 bits per heavy atom. The second-order valence-corrected chi connectivity index (χ2v) is 14.6. The summed E-state index contributed by atoms with van der Waals surface area (Å²) in [7, 11) is 13.1. The highest BCUT2D eigenvalue weighted by Gasteiger charge is 2.40. The maximum absolute atomic E-state index is 12.3. The van der Waals surface area contributed by atoms with Gasteiger partial charge in [-0.3, -0.25) is 0 Å². The second kappa shape index (κ2) is 9.19. The Morgan fingerprint density at radius 3 is 1.38 bits per heavy atom. The monoisotopic (exact) mass is 770 g/mol. The van der Waals surface area contributed by atoms with Gasteiger partial charge < -0.3 is 85.4 Å². The van der Waals surface area contributed by atoms with E-state index in [9.17, 15) is 76.6 Å². The molecule has 0 spiro atoms. The van der Waals surface area contributed by atoms with Crippen molar-refractivity contribution in [3.63, 3.8) is 0 Å². The van der Waals surface area contributed by atoms with Crippen molar-refractivity contribution in [2.75, 3.05) is 0 Å². The number of phenols is 15. The maximum atomic E-state index is 12.3. The number of aromatic hydroxyl groups is 15. The summed E-state index contributed by atoms with van der Waals surface area (Å²) in [5, 5.41) is 166. The van der Waals surface area contributed by atoms with Crippen molar-refractivity contribution in [2.45, 2.75) is 9.79 Å². The zero-order chi connectivity index (χ0) is 39.8. The van der Waals surface area contributed by atoms with E-state index in [-0.39, 0.29) is 74.9 Å². The summed E-state index contributed by atoms with van der Waals surface area (Å²) in [4.78, 5) is -0.428. The topological polar surface area (TPSA) is 312 Å². The van der Waals surface area contributed by atoms with Crippen LogP contribution in [0.15, 0.2) is 15.9 Å². The Labute approximate surface area is 312 Å². The fourth-order valence-corrected chi connectivity index (χ4v) is 10.0. The molecule has 0 fully saturated rings. The molecule has 0 unspecified atom stereocenters. The minimum atomic E-state index is -1.12. The molecule has 10 aromatic rings. The van der Waals surface area contributed by atoms with Gasteiger partial charge >= 0.3 is 0 Å². The summed E-state index contributed by atoms with van der Waals surface area (Å²) in [6, 6.07) is 0.740. The lowest BCUT2D eigenvalue weighted by Gasteiger charge is -2.22. The van der Waals surface area contributed by atoms with E-state index in [2.05, 4.69) is 0 Å². The first-order valence-electron chi connectivity index (χ1n) is 16.0. The molecule has 4 radical (unpaired) electrons. The van der Waals surface area contributed by atoms with Crippen LogP contribution in [0, 0.1) is 0 Å².